The van der Waals surface area contributed by atoms with Gasteiger partial charge in [-0.2, -0.15) is 0 Å². The average molecular weight is 602 g/mol. The van der Waals surface area contributed by atoms with Crippen LogP contribution in [0, 0.1) is 0 Å². The van der Waals surface area contributed by atoms with Crippen molar-refractivity contribution in [2.75, 3.05) is 6.61 Å². The minimum atomic E-state index is -0.656. The van der Waals surface area contributed by atoms with Crippen molar-refractivity contribution in [2.24, 2.45) is 0 Å². The van der Waals surface area contributed by atoms with E-state index in [1.54, 1.807) is 0 Å². The number of aliphatic hydroxyl groups excluding tert-OH is 2. The molecule has 0 aromatic rings. The molecule has 0 aliphatic rings. The van der Waals surface area contributed by atoms with Crippen molar-refractivity contribution < 1.29 is 15.0 Å². The highest BCUT2D eigenvalue weighted by Gasteiger charge is 2.19. The molecule has 0 spiro atoms. The number of hydrogen-bond donors (Lipinski definition) is 3. The predicted molar refractivity (Wildman–Crippen MR) is 188 cm³/mol. The van der Waals surface area contributed by atoms with E-state index in [1.807, 2.05) is 0 Å². The summed E-state index contributed by atoms with van der Waals surface area (Å²) in [7, 11) is 0. The summed E-state index contributed by atoms with van der Waals surface area (Å²) in [6.07, 6.45) is 46.2. The first-order valence-corrected chi connectivity index (χ1v) is 18.3. The molecule has 0 saturated carbocycles. The van der Waals surface area contributed by atoms with Crippen LogP contribution in [-0.2, 0) is 4.79 Å². The quantitative estimate of drug-likeness (QED) is 0.0530. The maximum atomic E-state index is 12.3. The Balaban J connectivity index is 3.48. The van der Waals surface area contributed by atoms with Gasteiger partial charge in [-0.05, 0) is 51.4 Å². The van der Waals surface area contributed by atoms with E-state index in [9.17, 15) is 15.0 Å². The van der Waals surface area contributed by atoms with E-state index in [1.165, 1.54) is 96.3 Å². The number of hydrogen-bond acceptors (Lipinski definition) is 3. The van der Waals surface area contributed by atoms with Gasteiger partial charge < -0.3 is 15.5 Å². The van der Waals surface area contributed by atoms with Crippen LogP contribution in [0.1, 0.15) is 174 Å². The molecule has 4 heteroatoms. The van der Waals surface area contributed by atoms with Gasteiger partial charge in [0.15, 0.2) is 0 Å². The number of amides is 1. The second kappa shape index (κ2) is 34.8. The molecule has 0 rings (SSSR count). The third kappa shape index (κ3) is 31.6. The first-order chi connectivity index (χ1) is 21.2. The third-order valence-corrected chi connectivity index (χ3v) is 8.10. The van der Waals surface area contributed by atoms with Crippen molar-refractivity contribution in [3.8, 4) is 0 Å². The van der Waals surface area contributed by atoms with Crippen LogP contribution in [-0.4, -0.2) is 34.9 Å². The summed E-state index contributed by atoms with van der Waals surface area (Å²) in [5.41, 5.74) is 0. The van der Waals surface area contributed by atoms with Crippen LogP contribution >= 0.6 is 0 Å². The van der Waals surface area contributed by atoms with Crippen LogP contribution in [0.5, 0.6) is 0 Å². The second-order valence-electron chi connectivity index (χ2n) is 12.3. The molecule has 0 fully saturated rings. The van der Waals surface area contributed by atoms with Crippen molar-refractivity contribution in [3.05, 3.63) is 48.6 Å². The van der Waals surface area contributed by atoms with Crippen LogP contribution in [0.3, 0.4) is 0 Å². The van der Waals surface area contributed by atoms with E-state index in [2.05, 4.69) is 67.8 Å². The zero-order chi connectivity index (χ0) is 31.5. The van der Waals surface area contributed by atoms with E-state index < -0.39 is 12.1 Å². The number of allylic oxidation sites excluding steroid dienone is 8. The fourth-order valence-corrected chi connectivity index (χ4v) is 5.29. The Bertz CT molecular complexity index is 697. The molecule has 0 aromatic heterocycles. The topological polar surface area (TPSA) is 69.6 Å². The molecule has 0 aliphatic heterocycles. The summed E-state index contributed by atoms with van der Waals surface area (Å²) >= 11 is 0. The van der Waals surface area contributed by atoms with Gasteiger partial charge in [0, 0.05) is 6.42 Å². The summed E-state index contributed by atoms with van der Waals surface area (Å²) in [5, 5.41) is 22.8. The van der Waals surface area contributed by atoms with Crippen LogP contribution in [0.25, 0.3) is 0 Å². The lowest BCUT2D eigenvalue weighted by Crippen LogP contribution is -2.45. The molecular weight excluding hydrogens is 530 g/mol. The van der Waals surface area contributed by atoms with E-state index in [-0.39, 0.29) is 12.5 Å². The Morgan fingerprint density at radius 2 is 1.02 bits per heavy atom. The van der Waals surface area contributed by atoms with Gasteiger partial charge in [0.1, 0.15) is 0 Å². The van der Waals surface area contributed by atoms with Gasteiger partial charge >= 0.3 is 0 Å². The number of carbonyl (C=O) groups is 1. The molecule has 1 amide bonds. The number of rotatable bonds is 32. The van der Waals surface area contributed by atoms with E-state index >= 15 is 0 Å². The molecule has 4 nitrogen and oxygen atoms in total. The van der Waals surface area contributed by atoms with Gasteiger partial charge in [-0.25, -0.2) is 0 Å². The lowest BCUT2D eigenvalue weighted by Gasteiger charge is -2.22. The van der Waals surface area contributed by atoms with E-state index in [4.69, 9.17) is 0 Å². The lowest BCUT2D eigenvalue weighted by molar-refractivity contribution is -0.123. The number of aliphatic hydroxyl groups is 2. The summed E-state index contributed by atoms with van der Waals surface area (Å²) in [6.45, 7) is 4.17. The van der Waals surface area contributed by atoms with E-state index in [0.29, 0.717) is 12.8 Å². The van der Waals surface area contributed by atoms with Gasteiger partial charge in [-0.1, -0.05) is 165 Å². The van der Waals surface area contributed by atoms with Crippen LogP contribution in [0.2, 0.25) is 0 Å². The molecular formula is C39H71NO3. The van der Waals surface area contributed by atoms with Gasteiger partial charge in [0.2, 0.25) is 5.91 Å². The minimum absolute atomic E-state index is 0.0421. The SMILES string of the molecule is CC/C=C\C/C=C\C/C=C\C/C=C\CCCCCCCCCCCCCCC(=O)NC(CO)C(O)CCCCCCCC. The predicted octanol–water partition coefficient (Wildman–Crippen LogP) is 10.8. The summed E-state index contributed by atoms with van der Waals surface area (Å²) in [6, 6.07) is -0.534. The van der Waals surface area contributed by atoms with Crippen LogP contribution < -0.4 is 5.32 Å². The molecule has 2 unspecified atom stereocenters. The van der Waals surface area contributed by atoms with Gasteiger partial charge in [0.05, 0.1) is 18.8 Å². The zero-order valence-corrected chi connectivity index (χ0v) is 28.5. The smallest absolute Gasteiger partial charge is 0.220 e. The van der Waals surface area contributed by atoms with Crippen molar-refractivity contribution >= 4 is 5.91 Å². The summed E-state index contributed by atoms with van der Waals surface area (Å²) in [5.74, 6) is -0.0421. The van der Waals surface area contributed by atoms with Gasteiger partial charge in [0.25, 0.3) is 0 Å². The Hall–Kier alpha value is -1.65. The van der Waals surface area contributed by atoms with Gasteiger partial charge in [-0.15, -0.1) is 0 Å². The first-order valence-electron chi connectivity index (χ1n) is 18.3. The second-order valence-corrected chi connectivity index (χ2v) is 12.3. The monoisotopic (exact) mass is 602 g/mol. The molecule has 43 heavy (non-hydrogen) atoms. The highest BCUT2D eigenvalue weighted by molar-refractivity contribution is 5.76. The van der Waals surface area contributed by atoms with Crippen molar-refractivity contribution in [1.82, 2.24) is 5.32 Å². The summed E-state index contributed by atoms with van der Waals surface area (Å²) in [4.78, 5) is 12.3. The number of carbonyl (C=O) groups excluding carboxylic acids is 1. The molecule has 250 valence electrons. The molecule has 0 heterocycles. The standard InChI is InChI=1S/C39H71NO3/c1-3-5-7-9-11-12-13-14-15-16-17-18-19-20-21-22-23-24-25-26-27-28-29-31-33-35-39(43)40-37(36-41)38(42)34-32-30-10-8-6-4-2/h5,7,11-12,14-15,17-18,37-38,41-42H,3-4,6,8-10,13,16,19-36H2,1-2H3,(H,40,43)/b7-5-,12-11-,15-14-,18-17-. The largest absolute Gasteiger partial charge is 0.394 e. The highest BCUT2D eigenvalue weighted by Crippen LogP contribution is 2.14. The molecule has 0 radical (unpaired) electrons. The third-order valence-electron chi connectivity index (χ3n) is 8.10. The van der Waals surface area contributed by atoms with Crippen molar-refractivity contribution in [1.29, 1.82) is 0 Å². The molecule has 0 aromatic carbocycles. The summed E-state index contributed by atoms with van der Waals surface area (Å²) < 4.78 is 0. The Morgan fingerprint density at radius 1 is 0.581 bits per heavy atom. The highest BCUT2D eigenvalue weighted by atomic mass is 16.3. The first kappa shape index (κ1) is 41.4. The van der Waals surface area contributed by atoms with Crippen LogP contribution in [0.15, 0.2) is 48.6 Å². The van der Waals surface area contributed by atoms with Crippen LogP contribution in [0.4, 0.5) is 0 Å². The maximum Gasteiger partial charge on any atom is 0.220 e. The fourth-order valence-electron chi connectivity index (χ4n) is 5.29. The fraction of sp³-hybridized carbons (Fsp3) is 0.769. The number of unbranched alkanes of at least 4 members (excludes halogenated alkanes) is 17. The van der Waals surface area contributed by atoms with Crippen molar-refractivity contribution in [3.63, 3.8) is 0 Å². The molecule has 3 N–H and O–H groups in total. The molecule has 0 aliphatic carbocycles. The van der Waals surface area contributed by atoms with E-state index in [0.717, 1.165) is 51.4 Å². The minimum Gasteiger partial charge on any atom is -0.394 e. The Kier molecular flexibility index (Phi) is 33.5. The average Bonchev–Trinajstić information content (AvgIpc) is 3.01. The lowest BCUT2D eigenvalue weighted by atomic mass is 10.0. The number of nitrogens with one attached hydrogen (secondary N) is 1. The molecule has 0 saturated heterocycles. The van der Waals surface area contributed by atoms with Crippen molar-refractivity contribution in [2.45, 2.75) is 187 Å². The van der Waals surface area contributed by atoms with Gasteiger partial charge in [-0.3, -0.25) is 4.79 Å². The molecule has 2 atom stereocenters. The Labute approximate surface area is 267 Å². The Morgan fingerprint density at radius 3 is 1.53 bits per heavy atom. The molecule has 0 bridgehead atoms. The zero-order valence-electron chi connectivity index (χ0n) is 28.5. The maximum absolute atomic E-state index is 12.3. The normalized spacial score (nSPS) is 13.7.